The van der Waals surface area contributed by atoms with Crippen molar-refractivity contribution in [1.29, 1.82) is 0 Å². The van der Waals surface area contributed by atoms with Gasteiger partial charge in [-0.3, -0.25) is 4.79 Å². The average molecular weight is 265 g/mol. The van der Waals surface area contributed by atoms with Crippen LogP contribution in [0, 0.1) is 0 Å². The molecule has 20 heavy (non-hydrogen) atoms. The second kappa shape index (κ2) is 4.62. The van der Waals surface area contributed by atoms with E-state index < -0.39 is 11.6 Å². The quantitative estimate of drug-likeness (QED) is 0.730. The number of fused-ring (bicyclic) bond motifs is 1. The van der Waals surface area contributed by atoms with E-state index in [9.17, 15) is 9.59 Å². The van der Waals surface area contributed by atoms with Crippen LogP contribution >= 0.6 is 0 Å². The van der Waals surface area contributed by atoms with Crippen LogP contribution in [0.4, 0.5) is 4.79 Å². The maximum atomic E-state index is 12.2. The molecule has 0 saturated carbocycles. The number of hydrogen-bond donors (Lipinski definition) is 1. The second-order valence-electron chi connectivity index (χ2n) is 4.32. The van der Waals surface area contributed by atoms with Crippen molar-refractivity contribution in [3.63, 3.8) is 0 Å². The Bertz CT molecular complexity index is 854. The summed E-state index contributed by atoms with van der Waals surface area (Å²) in [5.41, 5.74) is 6.08. The molecule has 1 aromatic heterocycles. The van der Waals surface area contributed by atoms with E-state index in [1.165, 1.54) is 0 Å². The molecule has 3 aromatic rings. The van der Waals surface area contributed by atoms with E-state index in [0.29, 0.717) is 21.1 Å². The molecule has 3 rings (SSSR count). The molecule has 5 nitrogen and oxygen atoms in total. The first-order valence-electron chi connectivity index (χ1n) is 6.06. The number of hydrogen-bond acceptors (Lipinski definition) is 3. The summed E-state index contributed by atoms with van der Waals surface area (Å²) in [6.07, 6.45) is 0. The molecule has 2 N–H and O–H groups in total. The van der Waals surface area contributed by atoms with Gasteiger partial charge >= 0.3 is 6.03 Å². The van der Waals surface area contributed by atoms with E-state index >= 15 is 0 Å². The molecule has 0 bridgehead atoms. The van der Waals surface area contributed by atoms with Gasteiger partial charge < -0.3 is 5.73 Å². The molecule has 0 saturated heterocycles. The molecule has 1 heterocycles. The number of nitrogens with zero attached hydrogens (tertiary/aromatic N) is 2. The lowest BCUT2D eigenvalue weighted by Gasteiger charge is -2.08. The maximum Gasteiger partial charge on any atom is 0.342 e. The highest BCUT2D eigenvalue weighted by atomic mass is 16.2. The highest BCUT2D eigenvalue weighted by Crippen LogP contribution is 2.23. The van der Waals surface area contributed by atoms with Gasteiger partial charge in [0.15, 0.2) is 0 Å². The van der Waals surface area contributed by atoms with Gasteiger partial charge in [0.05, 0.1) is 11.1 Å². The normalized spacial score (nSPS) is 10.6. The number of carbonyl (C=O) groups is 1. The van der Waals surface area contributed by atoms with Gasteiger partial charge in [-0.2, -0.15) is 5.10 Å². The number of amides is 1. The SMILES string of the molecule is NC(=O)n1nc(-c2ccccc2)c2ccccc2c1=O. The Balaban J connectivity index is 2.46. The molecule has 0 atom stereocenters. The predicted molar refractivity (Wildman–Crippen MR) is 76.4 cm³/mol. The zero-order valence-corrected chi connectivity index (χ0v) is 10.5. The van der Waals surface area contributed by atoms with Crippen molar-refractivity contribution in [3.05, 3.63) is 65.0 Å². The first-order valence-corrected chi connectivity index (χ1v) is 6.06. The molecular weight excluding hydrogens is 254 g/mol. The lowest BCUT2D eigenvalue weighted by molar-refractivity contribution is 0.247. The number of primary amides is 1. The third-order valence-electron chi connectivity index (χ3n) is 3.06. The molecule has 5 heteroatoms. The fourth-order valence-electron chi connectivity index (χ4n) is 2.15. The van der Waals surface area contributed by atoms with Crippen LogP contribution < -0.4 is 11.3 Å². The summed E-state index contributed by atoms with van der Waals surface area (Å²) in [5.74, 6) is 0. The van der Waals surface area contributed by atoms with E-state index in [-0.39, 0.29) is 0 Å². The standard InChI is InChI=1S/C15H11N3O2/c16-15(20)18-14(19)12-9-5-4-8-11(12)13(17-18)10-6-2-1-3-7-10/h1-9H,(H2,16,20). The van der Waals surface area contributed by atoms with Crippen molar-refractivity contribution in [1.82, 2.24) is 9.78 Å². The highest BCUT2D eigenvalue weighted by molar-refractivity contribution is 5.95. The summed E-state index contributed by atoms with van der Waals surface area (Å²) in [4.78, 5) is 23.5. The Labute approximate surface area is 114 Å². The van der Waals surface area contributed by atoms with Gasteiger partial charge in [-0.15, -0.1) is 4.68 Å². The van der Waals surface area contributed by atoms with E-state index in [1.54, 1.807) is 18.2 Å². The Morgan fingerprint density at radius 3 is 2.20 bits per heavy atom. The molecule has 0 aliphatic heterocycles. The monoisotopic (exact) mass is 265 g/mol. The first kappa shape index (κ1) is 12.1. The average Bonchev–Trinajstić information content (AvgIpc) is 2.48. The summed E-state index contributed by atoms with van der Waals surface area (Å²) in [7, 11) is 0. The van der Waals surface area contributed by atoms with Crippen LogP contribution in [-0.2, 0) is 0 Å². The minimum absolute atomic E-state index is 0.417. The lowest BCUT2D eigenvalue weighted by Crippen LogP contribution is -2.34. The van der Waals surface area contributed by atoms with Gasteiger partial charge in [0.25, 0.3) is 5.56 Å². The van der Waals surface area contributed by atoms with Gasteiger partial charge in [0, 0.05) is 10.9 Å². The zero-order chi connectivity index (χ0) is 14.1. The van der Waals surface area contributed by atoms with Gasteiger partial charge in [-0.25, -0.2) is 4.79 Å². The Kier molecular flexibility index (Phi) is 2.80. The summed E-state index contributed by atoms with van der Waals surface area (Å²) in [6.45, 7) is 0. The minimum Gasteiger partial charge on any atom is -0.350 e. The van der Waals surface area contributed by atoms with Gasteiger partial charge in [0.2, 0.25) is 0 Å². The van der Waals surface area contributed by atoms with Crippen LogP contribution in [0.1, 0.15) is 0 Å². The van der Waals surface area contributed by atoms with Gasteiger partial charge in [0.1, 0.15) is 0 Å². The van der Waals surface area contributed by atoms with Crippen molar-refractivity contribution in [2.75, 3.05) is 0 Å². The zero-order valence-electron chi connectivity index (χ0n) is 10.5. The molecule has 0 spiro atoms. The van der Waals surface area contributed by atoms with Gasteiger partial charge in [-0.05, 0) is 6.07 Å². The predicted octanol–water partition coefficient (Wildman–Crippen LogP) is 1.99. The van der Waals surface area contributed by atoms with Crippen molar-refractivity contribution in [2.45, 2.75) is 0 Å². The summed E-state index contributed by atoms with van der Waals surface area (Å²) >= 11 is 0. The van der Waals surface area contributed by atoms with E-state index in [2.05, 4.69) is 5.10 Å². The molecule has 2 aromatic carbocycles. The largest absolute Gasteiger partial charge is 0.350 e. The second-order valence-corrected chi connectivity index (χ2v) is 4.32. The van der Waals surface area contributed by atoms with E-state index in [0.717, 1.165) is 5.56 Å². The molecule has 1 amide bonds. The summed E-state index contributed by atoms with van der Waals surface area (Å²) in [5, 5.41) is 5.21. The topological polar surface area (TPSA) is 78.0 Å². The number of rotatable bonds is 1. The third kappa shape index (κ3) is 1.85. The molecule has 98 valence electrons. The van der Waals surface area contributed by atoms with Crippen molar-refractivity contribution in [2.24, 2.45) is 5.73 Å². The van der Waals surface area contributed by atoms with Crippen LogP contribution in [-0.4, -0.2) is 15.8 Å². The number of aromatic nitrogens is 2. The maximum absolute atomic E-state index is 12.2. The van der Waals surface area contributed by atoms with Crippen molar-refractivity contribution >= 4 is 16.8 Å². The van der Waals surface area contributed by atoms with Crippen LogP contribution in [0.25, 0.3) is 22.0 Å². The number of benzene rings is 2. The number of nitrogens with two attached hydrogens (primary N) is 1. The molecular formula is C15H11N3O2. The van der Waals surface area contributed by atoms with E-state index in [4.69, 9.17) is 5.73 Å². The fraction of sp³-hybridized carbons (Fsp3) is 0. The highest BCUT2D eigenvalue weighted by Gasteiger charge is 2.13. The molecule has 0 aliphatic rings. The first-order chi connectivity index (χ1) is 9.68. The number of carbonyl (C=O) groups excluding carboxylic acids is 1. The third-order valence-corrected chi connectivity index (χ3v) is 3.06. The van der Waals surface area contributed by atoms with Crippen LogP contribution in [0.3, 0.4) is 0 Å². The molecule has 0 aliphatic carbocycles. The Morgan fingerprint density at radius 1 is 0.950 bits per heavy atom. The fourth-order valence-corrected chi connectivity index (χ4v) is 2.15. The van der Waals surface area contributed by atoms with Crippen LogP contribution in [0.5, 0.6) is 0 Å². The minimum atomic E-state index is -0.891. The smallest absolute Gasteiger partial charge is 0.342 e. The molecule has 0 fully saturated rings. The molecule has 0 unspecified atom stereocenters. The van der Waals surface area contributed by atoms with Crippen LogP contribution in [0.15, 0.2) is 59.4 Å². The Hall–Kier alpha value is -2.95. The van der Waals surface area contributed by atoms with Gasteiger partial charge in [-0.1, -0.05) is 48.5 Å². The van der Waals surface area contributed by atoms with E-state index in [1.807, 2.05) is 36.4 Å². The van der Waals surface area contributed by atoms with Crippen LogP contribution in [0.2, 0.25) is 0 Å². The lowest BCUT2D eigenvalue weighted by atomic mass is 10.1. The molecule has 0 radical (unpaired) electrons. The summed E-state index contributed by atoms with van der Waals surface area (Å²) < 4.78 is 0.699. The van der Waals surface area contributed by atoms with Crippen molar-refractivity contribution in [3.8, 4) is 11.3 Å². The van der Waals surface area contributed by atoms with Crippen molar-refractivity contribution < 1.29 is 4.79 Å². The Morgan fingerprint density at radius 2 is 1.55 bits per heavy atom. The summed E-state index contributed by atoms with van der Waals surface area (Å²) in [6, 6.07) is 15.5.